The van der Waals surface area contributed by atoms with Crippen LogP contribution < -0.4 is 4.90 Å². The molecule has 0 bridgehead atoms. The van der Waals surface area contributed by atoms with Crippen molar-refractivity contribution in [1.29, 1.82) is 0 Å². The van der Waals surface area contributed by atoms with Crippen molar-refractivity contribution in [1.82, 2.24) is 0 Å². The Balaban J connectivity index is 2.98. The van der Waals surface area contributed by atoms with Gasteiger partial charge in [0.1, 0.15) is 0 Å². The molecule has 0 heterocycles. The van der Waals surface area contributed by atoms with Gasteiger partial charge in [-0.15, -0.1) is 0 Å². The molecule has 4 nitrogen and oxygen atoms in total. The summed E-state index contributed by atoms with van der Waals surface area (Å²) in [5.41, 5.74) is 1.02. The van der Waals surface area contributed by atoms with Crippen LogP contribution in [0, 0.1) is 0 Å². The van der Waals surface area contributed by atoms with Gasteiger partial charge in [-0.2, -0.15) is 0 Å². The van der Waals surface area contributed by atoms with Crippen molar-refractivity contribution in [2.75, 3.05) is 31.2 Å². The van der Waals surface area contributed by atoms with Gasteiger partial charge in [-0.25, -0.2) is 4.79 Å². The second-order valence-corrected chi connectivity index (χ2v) is 4.57. The molecule has 1 rings (SSSR count). The Bertz CT molecular complexity index is 409. The first-order valence-electron chi connectivity index (χ1n) is 5.96. The Hall–Kier alpha value is -1.07. The molecule has 1 aromatic rings. The minimum atomic E-state index is -0.924. The van der Waals surface area contributed by atoms with Crippen molar-refractivity contribution in [3.05, 3.63) is 28.2 Å². The molecule has 0 spiro atoms. The van der Waals surface area contributed by atoms with Gasteiger partial charge >= 0.3 is 5.97 Å². The fourth-order valence-electron chi connectivity index (χ4n) is 1.76. The third-order valence-electron chi connectivity index (χ3n) is 2.64. The second-order valence-electron chi connectivity index (χ2n) is 3.72. The summed E-state index contributed by atoms with van der Waals surface area (Å²) in [6.45, 7) is 6.62. The lowest BCUT2D eigenvalue weighted by molar-refractivity contribution is 0.0696. The molecule has 1 aromatic carbocycles. The first-order valence-corrected chi connectivity index (χ1v) is 6.75. The maximum atomic E-state index is 11.3. The molecule has 100 valence electrons. The van der Waals surface area contributed by atoms with Crippen LogP contribution in [-0.4, -0.2) is 37.4 Å². The number of carboxylic acid groups (broad SMARTS) is 1. The monoisotopic (exact) mass is 315 g/mol. The fraction of sp³-hybridized carbons (Fsp3) is 0.462. The van der Waals surface area contributed by atoms with E-state index in [0.717, 1.165) is 12.2 Å². The first kappa shape index (κ1) is 15.0. The van der Waals surface area contributed by atoms with E-state index in [1.807, 2.05) is 30.9 Å². The number of halogens is 1. The Kier molecular flexibility index (Phi) is 6.15. The summed E-state index contributed by atoms with van der Waals surface area (Å²) in [5, 5.41) is 9.27. The van der Waals surface area contributed by atoms with Gasteiger partial charge in [0, 0.05) is 24.2 Å². The van der Waals surface area contributed by atoms with Crippen molar-refractivity contribution in [3.8, 4) is 0 Å². The molecule has 0 radical (unpaired) electrons. The minimum Gasteiger partial charge on any atom is -0.478 e. The van der Waals surface area contributed by atoms with E-state index >= 15 is 0 Å². The van der Waals surface area contributed by atoms with Crippen LogP contribution in [0.4, 0.5) is 5.69 Å². The maximum Gasteiger partial charge on any atom is 0.338 e. The van der Waals surface area contributed by atoms with E-state index in [9.17, 15) is 9.90 Å². The summed E-state index contributed by atoms with van der Waals surface area (Å²) in [6.07, 6.45) is 0. The van der Waals surface area contributed by atoms with Gasteiger partial charge in [0.25, 0.3) is 0 Å². The summed E-state index contributed by atoms with van der Waals surface area (Å²) in [7, 11) is 0. The quantitative estimate of drug-likeness (QED) is 0.786. The number of carboxylic acids is 1. The number of hydrogen-bond donors (Lipinski definition) is 1. The van der Waals surface area contributed by atoms with Gasteiger partial charge in [-0.3, -0.25) is 0 Å². The molecule has 0 atom stereocenters. The number of anilines is 1. The highest BCUT2D eigenvalue weighted by molar-refractivity contribution is 9.10. The molecular formula is C13H18BrNO3. The zero-order valence-corrected chi connectivity index (χ0v) is 12.2. The molecule has 5 heteroatoms. The molecule has 18 heavy (non-hydrogen) atoms. The number of nitrogens with zero attached hydrogens (tertiary/aromatic N) is 1. The lowest BCUT2D eigenvalue weighted by atomic mass is 10.1. The van der Waals surface area contributed by atoms with Crippen LogP contribution in [0.25, 0.3) is 0 Å². The lowest BCUT2D eigenvalue weighted by Gasteiger charge is -2.25. The normalized spacial score (nSPS) is 10.4. The highest BCUT2D eigenvalue weighted by Crippen LogP contribution is 2.27. The van der Waals surface area contributed by atoms with Crippen LogP contribution in [0.3, 0.4) is 0 Å². The van der Waals surface area contributed by atoms with Gasteiger partial charge in [-0.05, 0) is 41.9 Å². The molecule has 0 aliphatic rings. The van der Waals surface area contributed by atoms with Gasteiger partial charge in [0.2, 0.25) is 0 Å². The molecule has 0 aromatic heterocycles. The summed E-state index contributed by atoms with van der Waals surface area (Å²) in [5.74, 6) is -0.924. The van der Waals surface area contributed by atoms with Crippen LogP contribution in [0.1, 0.15) is 24.2 Å². The zero-order valence-electron chi connectivity index (χ0n) is 10.6. The summed E-state index contributed by atoms with van der Waals surface area (Å²) in [4.78, 5) is 13.3. The van der Waals surface area contributed by atoms with Crippen LogP contribution in [0.5, 0.6) is 0 Å². The molecule has 0 saturated heterocycles. The number of carbonyl (C=O) groups is 1. The number of rotatable bonds is 7. The Morgan fingerprint density at radius 2 is 2.17 bits per heavy atom. The second kappa shape index (κ2) is 7.38. The molecule has 0 saturated carbocycles. The van der Waals surface area contributed by atoms with Crippen molar-refractivity contribution in [3.63, 3.8) is 0 Å². The van der Waals surface area contributed by atoms with E-state index in [0.29, 0.717) is 29.8 Å². The lowest BCUT2D eigenvalue weighted by Crippen LogP contribution is -2.28. The standard InChI is InChI=1S/C13H18BrNO3/c1-3-15(8-9-18-4-2)11-7-5-6-10(14)12(11)13(16)17/h5-7H,3-4,8-9H2,1-2H3,(H,16,17). The predicted molar refractivity (Wildman–Crippen MR) is 75.5 cm³/mol. The highest BCUT2D eigenvalue weighted by atomic mass is 79.9. The fourth-order valence-corrected chi connectivity index (χ4v) is 2.28. The number of hydrogen-bond acceptors (Lipinski definition) is 3. The third-order valence-corrected chi connectivity index (χ3v) is 3.30. The Morgan fingerprint density at radius 1 is 1.44 bits per heavy atom. The van der Waals surface area contributed by atoms with Crippen LogP contribution in [-0.2, 0) is 4.74 Å². The number of likely N-dealkylation sites (N-methyl/N-ethyl adjacent to an activating group) is 1. The Morgan fingerprint density at radius 3 is 2.72 bits per heavy atom. The molecule has 0 amide bonds. The van der Waals surface area contributed by atoms with Crippen molar-refractivity contribution < 1.29 is 14.6 Å². The van der Waals surface area contributed by atoms with E-state index in [1.165, 1.54) is 0 Å². The number of aromatic carboxylic acids is 1. The van der Waals surface area contributed by atoms with E-state index < -0.39 is 5.97 Å². The first-order chi connectivity index (χ1) is 8.61. The SMILES string of the molecule is CCOCCN(CC)c1cccc(Br)c1C(=O)O. The highest BCUT2D eigenvalue weighted by Gasteiger charge is 2.17. The predicted octanol–water partition coefficient (Wildman–Crippen LogP) is 3.01. The molecule has 0 unspecified atom stereocenters. The molecule has 0 aliphatic carbocycles. The van der Waals surface area contributed by atoms with Gasteiger partial charge in [0.15, 0.2) is 0 Å². The summed E-state index contributed by atoms with van der Waals surface area (Å²) < 4.78 is 5.92. The molecule has 1 N–H and O–H groups in total. The summed E-state index contributed by atoms with van der Waals surface area (Å²) in [6, 6.07) is 5.40. The maximum absolute atomic E-state index is 11.3. The molecule has 0 aliphatic heterocycles. The van der Waals surface area contributed by atoms with Gasteiger partial charge < -0.3 is 14.7 Å². The topological polar surface area (TPSA) is 49.8 Å². The molecule has 0 fully saturated rings. The van der Waals surface area contributed by atoms with E-state index in [2.05, 4.69) is 15.9 Å². The van der Waals surface area contributed by atoms with Crippen LogP contribution >= 0.6 is 15.9 Å². The van der Waals surface area contributed by atoms with E-state index in [4.69, 9.17) is 4.74 Å². The summed E-state index contributed by atoms with van der Waals surface area (Å²) >= 11 is 3.29. The van der Waals surface area contributed by atoms with Gasteiger partial charge in [-0.1, -0.05) is 6.07 Å². The van der Waals surface area contributed by atoms with Crippen molar-refractivity contribution >= 4 is 27.6 Å². The van der Waals surface area contributed by atoms with Crippen LogP contribution in [0.2, 0.25) is 0 Å². The zero-order chi connectivity index (χ0) is 13.5. The van der Waals surface area contributed by atoms with Crippen molar-refractivity contribution in [2.45, 2.75) is 13.8 Å². The minimum absolute atomic E-state index is 0.302. The third kappa shape index (κ3) is 3.71. The van der Waals surface area contributed by atoms with Gasteiger partial charge in [0.05, 0.1) is 17.9 Å². The average Bonchev–Trinajstić information content (AvgIpc) is 2.34. The molecular weight excluding hydrogens is 298 g/mol. The number of benzene rings is 1. The Labute approximate surface area is 116 Å². The average molecular weight is 316 g/mol. The smallest absolute Gasteiger partial charge is 0.338 e. The van der Waals surface area contributed by atoms with E-state index in [-0.39, 0.29) is 0 Å². The van der Waals surface area contributed by atoms with Crippen molar-refractivity contribution in [2.24, 2.45) is 0 Å². The van der Waals surface area contributed by atoms with E-state index in [1.54, 1.807) is 6.07 Å². The largest absolute Gasteiger partial charge is 0.478 e. The number of ether oxygens (including phenoxy) is 1. The van der Waals surface area contributed by atoms with Crippen LogP contribution in [0.15, 0.2) is 22.7 Å².